The highest BCUT2D eigenvalue weighted by Gasteiger charge is 2.10. The van der Waals surface area contributed by atoms with E-state index in [-0.39, 0.29) is 0 Å². The molecule has 0 fully saturated rings. The summed E-state index contributed by atoms with van der Waals surface area (Å²) in [6.45, 7) is 4.60. The number of rotatable bonds is 8. The first kappa shape index (κ1) is 19.6. The summed E-state index contributed by atoms with van der Waals surface area (Å²) in [6, 6.07) is 19.6. The zero-order chi connectivity index (χ0) is 19.9. The molecule has 0 saturated carbocycles. The molecule has 0 aliphatic carbocycles. The number of hydrogen-bond donors (Lipinski definition) is 2. The molecule has 1 heterocycles. The normalized spacial score (nSPS) is 11.8. The van der Waals surface area contributed by atoms with Crippen molar-refractivity contribution in [3.05, 3.63) is 83.6 Å². The third-order valence-electron chi connectivity index (χ3n) is 4.69. The molecule has 0 spiro atoms. The Morgan fingerprint density at radius 1 is 1.11 bits per heavy atom. The highest BCUT2D eigenvalue weighted by Crippen LogP contribution is 2.26. The number of carboxylic acids is 1. The molecule has 0 unspecified atom stereocenters. The lowest BCUT2D eigenvalue weighted by Gasteiger charge is -2.13. The Kier molecular flexibility index (Phi) is 6.40. The van der Waals surface area contributed by atoms with Gasteiger partial charge >= 0.3 is 5.97 Å². The molecule has 5 heteroatoms. The topological polar surface area (TPSA) is 71.5 Å². The van der Waals surface area contributed by atoms with Crippen LogP contribution >= 0.6 is 0 Å². The number of aliphatic carboxylic acids is 1. The number of carboxylic acid groups (broad SMARTS) is 1. The Morgan fingerprint density at radius 2 is 1.89 bits per heavy atom. The Bertz CT molecular complexity index is 924. The van der Waals surface area contributed by atoms with Gasteiger partial charge in [0, 0.05) is 18.8 Å². The maximum atomic E-state index is 10.8. The molecule has 0 amide bonds. The third kappa shape index (κ3) is 4.96. The monoisotopic (exact) mass is 376 g/mol. The van der Waals surface area contributed by atoms with Crippen LogP contribution in [0.3, 0.4) is 0 Å². The molecule has 3 rings (SSSR count). The van der Waals surface area contributed by atoms with Crippen molar-refractivity contribution in [3.8, 4) is 17.0 Å². The largest absolute Gasteiger partial charge is 0.480 e. The predicted molar refractivity (Wildman–Crippen MR) is 109 cm³/mol. The van der Waals surface area contributed by atoms with Crippen LogP contribution in [0.1, 0.15) is 23.6 Å². The molecule has 0 aliphatic rings. The fourth-order valence-corrected chi connectivity index (χ4v) is 2.88. The molecule has 0 radical (unpaired) electrons. The van der Waals surface area contributed by atoms with Gasteiger partial charge in [-0.3, -0.25) is 4.79 Å². The van der Waals surface area contributed by atoms with Gasteiger partial charge in [0.15, 0.2) is 0 Å². The standard InChI is InChI=1S/C23H24N2O3/c1-16-20(9-6-10-21(16)19-7-4-3-5-8-19)15-28-22-12-11-18(14-25-22)13-24-17(2)23(26)27/h3-12,14,17,24H,13,15H2,1-2H3,(H,26,27)/t17-/m0/s1. The molecular formula is C23H24N2O3. The number of nitrogens with one attached hydrogen (secondary N) is 1. The summed E-state index contributed by atoms with van der Waals surface area (Å²) < 4.78 is 5.86. The lowest BCUT2D eigenvalue weighted by molar-refractivity contribution is -0.139. The van der Waals surface area contributed by atoms with Gasteiger partial charge < -0.3 is 15.2 Å². The van der Waals surface area contributed by atoms with E-state index >= 15 is 0 Å². The van der Waals surface area contributed by atoms with Crippen molar-refractivity contribution in [3.63, 3.8) is 0 Å². The van der Waals surface area contributed by atoms with E-state index in [9.17, 15) is 4.79 Å². The molecule has 0 bridgehead atoms. The third-order valence-corrected chi connectivity index (χ3v) is 4.69. The minimum absolute atomic E-state index is 0.438. The van der Waals surface area contributed by atoms with Gasteiger partial charge in [-0.15, -0.1) is 0 Å². The van der Waals surface area contributed by atoms with Crippen LogP contribution in [0.15, 0.2) is 66.9 Å². The fourth-order valence-electron chi connectivity index (χ4n) is 2.88. The molecule has 2 aromatic carbocycles. The van der Waals surface area contributed by atoms with Crippen LogP contribution < -0.4 is 10.1 Å². The first-order chi connectivity index (χ1) is 13.5. The van der Waals surface area contributed by atoms with Gasteiger partial charge in [0.2, 0.25) is 5.88 Å². The van der Waals surface area contributed by atoms with E-state index in [1.54, 1.807) is 19.2 Å². The molecular weight excluding hydrogens is 352 g/mol. The van der Waals surface area contributed by atoms with Crippen LogP contribution in [0.25, 0.3) is 11.1 Å². The molecule has 1 atom stereocenters. The molecule has 3 aromatic rings. The number of hydrogen-bond acceptors (Lipinski definition) is 4. The Hall–Kier alpha value is -3.18. The second-order valence-corrected chi connectivity index (χ2v) is 6.69. The van der Waals surface area contributed by atoms with E-state index in [0.29, 0.717) is 19.0 Å². The minimum atomic E-state index is -0.874. The van der Waals surface area contributed by atoms with Crippen molar-refractivity contribution in [2.24, 2.45) is 0 Å². The summed E-state index contributed by atoms with van der Waals surface area (Å²) in [6.07, 6.45) is 1.70. The number of carbonyl (C=O) groups is 1. The van der Waals surface area contributed by atoms with E-state index in [1.165, 1.54) is 16.7 Å². The summed E-state index contributed by atoms with van der Waals surface area (Å²) in [5, 5.41) is 11.8. The van der Waals surface area contributed by atoms with E-state index in [2.05, 4.69) is 41.5 Å². The van der Waals surface area contributed by atoms with Crippen molar-refractivity contribution in [2.75, 3.05) is 0 Å². The van der Waals surface area contributed by atoms with Crippen molar-refractivity contribution in [2.45, 2.75) is 33.0 Å². The summed E-state index contributed by atoms with van der Waals surface area (Å²) in [5.41, 5.74) is 5.60. The van der Waals surface area contributed by atoms with Gasteiger partial charge in [0.25, 0.3) is 0 Å². The van der Waals surface area contributed by atoms with Crippen LogP contribution in [-0.2, 0) is 17.9 Å². The summed E-state index contributed by atoms with van der Waals surface area (Å²) in [4.78, 5) is 15.2. The zero-order valence-corrected chi connectivity index (χ0v) is 16.1. The zero-order valence-electron chi connectivity index (χ0n) is 16.1. The molecule has 0 saturated heterocycles. The summed E-state index contributed by atoms with van der Waals surface area (Å²) >= 11 is 0. The average Bonchev–Trinajstić information content (AvgIpc) is 2.72. The number of pyridine rings is 1. The molecule has 0 aliphatic heterocycles. The van der Waals surface area contributed by atoms with E-state index in [1.807, 2.05) is 30.3 Å². The van der Waals surface area contributed by atoms with Gasteiger partial charge in [0.05, 0.1) is 0 Å². The van der Waals surface area contributed by atoms with Crippen LogP contribution in [0.4, 0.5) is 0 Å². The quantitative estimate of drug-likeness (QED) is 0.617. The SMILES string of the molecule is Cc1c(COc2ccc(CN[C@@H](C)C(=O)O)cn2)cccc1-c1ccccc1. The van der Waals surface area contributed by atoms with E-state index < -0.39 is 12.0 Å². The van der Waals surface area contributed by atoms with Crippen molar-refractivity contribution in [1.29, 1.82) is 0 Å². The average molecular weight is 376 g/mol. The Morgan fingerprint density at radius 3 is 2.57 bits per heavy atom. The number of aromatic nitrogens is 1. The Labute approximate surface area is 165 Å². The number of nitrogens with zero attached hydrogens (tertiary/aromatic N) is 1. The minimum Gasteiger partial charge on any atom is -0.480 e. The lowest BCUT2D eigenvalue weighted by Crippen LogP contribution is -2.33. The van der Waals surface area contributed by atoms with Gasteiger partial charge in [-0.05, 0) is 41.7 Å². The molecule has 28 heavy (non-hydrogen) atoms. The van der Waals surface area contributed by atoms with Crippen molar-refractivity contribution >= 4 is 5.97 Å². The smallest absolute Gasteiger partial charge is 0.320 e. The predicted octanol–water partition coefficient (Wildman–Crippen LogP) is 4.20. The molecule has 5 nitrogen and oxygen atoms in total. The van der Waals surface area contributed by atoms with Gasteiger partial charge in [-0.1, -0.05) is 54.6 Å². The van der Waals surface area contributed by atoms with Gasteiger partial charge in [-0.25, -0.2) is 4.98 Å². The second kappa shape index (κ2) is 9.15. The van der Waals surface area contributed by atoms with Crippen molar-refractivity contribution < 1.29 is 14.6 Å². The Balaban J connectivity index is 1.62. The van der Waals surface area contributed by atoms with Crippen LogP contribution in [0.5, 0.6) is 5.88 Å². The highest BCUT2D eigenvalue weighted by atomic mass is 16.5. The summed E-state index contributed by atoms with van der Waals surface area (Å²) in [7, 11) is 0. The number of ether oxygens (including phenoxy) is 1. The maximum absolute atomic E-state index is 10.8. The van der Waals surface area contributed by atoms with Gasteiger partial charge in [-0.2, -0.15) is 0 Å². The number of benzene rings is 2. The highest BCUT2D eigenvalue weighted by molar-refractivity contribution is 5.72. The molecule has 1 aromatic heterocycles. The van der Waals surface area contributed by atoms with Crippen molar-refractivity contribution in [1.82, 2.24) is 10.3 Å². The lowest BCUT2D eigenvalue weighted by atomic mass is 9.97. The second-order valence-electron chi connectivity index (χ2n) is 6.69. The first-order valence-corrected chi connectivity index (χ1v) is 9.22. The van der Waals surface area contributed by atoms with Crippen LogP contribution in [0.2, 0.25) is 0 Å². The maximum Gasteiger partial charge on any atom is 0.320 e. The van der Waals surface area contributed by atoms with Crippen LogP contribution in [-0.4, -0.2) is 22.1 Å². The molecule has 144 valence electrons. The first-order valence-electron chi connectivity index (χ1n) is 9.22. The van der Waals surface area contributed by atoms with E-state index in [0.717, 1.165) is 11.1 Å². The summed E-state index contributed by atoms with van der Waals surface area (Å²) in [5.74, 6) is -0.333. The van der Waals surface area contributed by atoms with E-state index in [4.69, 9.17) is 9.84 Å². The molecule has 2 N–H and O–H groups in total. The van der Waals surface area contributed by atoms with Gasteiger partial charge in [0.1, 0.15) is 12.6 Å². The fraction of sp³-hybridized carbons (Fsp3) is 0.217. The van der Waals surface area contributed by atoms with Crippen LogP contribution in [0, 0.1) is 6.92 Å².